The molecule has 0 unspecified atom stereocenters. The second kappa shape index (κ2) is 9.23. The molecular formula is C22H22N6O3S. The molecule has 4 aromatic rings. The van der Waals surface area contributed by atoms with Crippen molar-refractivity contribution in [3.63, 3.8) is 0 Å². The lowest BCUT2D eigenvalue weighted by Gasteiger charge is -2.14. The van der Waals surface area contributed by atoms with Gasteiger partial charge in [-0.1, -0.05) is 42.1 Å². The fourth-order valence-electron chi connectivity index (χ4n) is 3.45. The van der Waals surface area contributed by atoms with Gasteiger partial charge < -0.3 is 15.4 Å². The van der Waals surface area contributed by atoms with Crippen molar-refractivity contribution in [3.05, 3.63) is 65.4 Å². The fourth-order valence-corrected chi connectivity index (χ4v) is 4.15. The standard InChI is InChI=1S/C22H22N6O3S/c1-13-7-8-14(2)19(9-13)28-22(25-26-27-28)32-12-20(29)24-18(21(30)31)10-15-11-23-17-6-4-3-5-16(15)17/h3-9,11,18,23H,10,12H2,1-2H3,(H,24,29)(H,30,31)/t18-/m0/s1. The van der Waals surface area contributed by atoms with Crippen LogP contribution in [-0.4, -0.2) is 54.0 Å². The molecule has 0 saturated heterocycles. The summed E-state index contributed by atoms with van der Waals surface area (Å²) in [5.41, 5.74) is 4.66. The molecule has 0 aliphatic heterocycles. The molecule has 0 fully saturated rings. The van der Waals surface area contributed by atoms with Crippen molar-refractivity contribution in [1.29, 1.82) is 0 Å². The number of nitrogens with one attached hydrogen (secondary N) is 2. The van der Waals surface area contributed by atoms with Crippen molar-refractivity contribution in [2.24, 2.45) is 0 Å². The van der Waals surface area contributed by atoms with Crippen LogP contribution < -0.4 is 5.32 Å². The van der Waals surface area contributed by atoms with Crippen LogP contribution in [0.5, 0.6) is 0 Å². The van der Waals surface area contributed by atoms with Crippen LogP contribution >= 0.6 is 11.8 Å². The molecule has 0 saturated carbocycles. The van der Waals surface area contributed by atoms with E-state index in [1.54, 1.807) is 10.9 Å². The van der Waals surface area contributed by atoms with Crippen molar-refractivity contribution in [1.82, 2.24) is 30.5 Å². The van der Waals surface area contributed by atoms with Gasteiger partial charge >= 0.3 is 5.97 Å². The Morgan fingerprint density at radius 1 is 1.22 bits per heavy atom. The number of benzene rings is 2. The zero-order valence-electron chi connectivity index (χ0n) is 17.6. The quantitative estimate of drug-likeness (QED) is 0.352. The summed E-state index contributed by atoms with van der Waals surface area (Å²) in [7, 11) is 0. The lowest BCUT2D eigenvalue weighted by Crippen LogP contribution is -2.43. The third-order valence-electron chi connectivity index (χ3n) is 5.10. The smallest absolute Gasteiger partial charge is 0.326 e. The van der Waals surface area contributed by atoms with E-state index in [-0.39, 0.29) is 12.2 Å². The minimum absolute atomic E-state index is 0.0110. The second-order valence-electron chi connectivity index (χ2n) is 7.47. The average molecular weight is 451 g/mol. The van der Waals surface area contributed by atoms with Crippen molar-refractivity contribution < 1.29 is 14.7 Å². The number of aromatic amines is 1. The van der Waals surface area contributed by atoms with Gasteiger partial charge in [-0.2, -0.15) is 4.68 Å². The summed E-state index contributed by atoms with van der Waals surface area (Å²) in [5.74, 6) is -1.50. The van der Waals surface area contributed by atoms with Gasteiger partial charge in [0.05, 0.1) is 11.4 Å². The van der Waals surface area contributed by atoms with Crippen LogP contribution in [-0.2, 0) is 16.0 Å². The largest absolute Gasteiger partial charge is 0.480 e. The number of aromatic nitrogens is 5. The summed E-state index contributed by atoms with van der Waals surface area (Å²) in [4.78, 5) is 27.4. The van der Waals surface area contributed by atoms with Crippen molar-refractivity contribution >= 4 is 34.5 Å². The number of carboxylic acids is 1. The average Bonchev–Trinajstić information content (AvgIpc) is 3.40. The summed E-state index contributed by atoms with van der Waals surface area (Å²) >= 11 is 1.15. The van der Waals surface area contributed by atoms with Crippen LogP contribution in [0.1, 0.15) is 16.7 Å². The van der Waals surface area contributed by atoms with Crippen LogP contribution in [0.3, 0.4) is 0 Å². The molecule has 3 N–H and O–H groups in total. The number of para-hydroxylation sites is 1. The van der Waals surface area contributed by atoms with Crippen molar-refractivity contribution in [2.75, 3.05) is 5.75 Å². The first-order valence-corrected chi connectivity index (χ1v) is 11.0. The van der Waals surface area contributed by atoms with E-state index in [2.05, 4.69) is 25.8 Å². The van der Waals surface area contributed by atoms with Gasteiger partial charge in [0.25, 0.3) is 0 Å². The number of carboxylic acid groups (broad SMARTS) is 1. The number of rotatable bonds is 8. The fraction of sp³-hybridized carbons (Fsp3) is 0.227. The van der Waals surface area contributed by atoms with E-state index < -0.39 is 17.9 Å². The zero-order chi connectivity index (χ0) is 22.7. The Hall–Kier alpha value is -3.66. The van der Waals surface area contributed by atoms with Gasteiger partial charge in [0.15, 0.2) is 0 Å². The van der Waals surface area contributed by atoms with Crippen molar-refractivity contribution in [2.45, 2.75) is 31.5 Å². The molecule has 2 heterocycles. The van der Waals surface area contributed by atoms with E-state index in [1.807, 2.05) is 56.3 Å². The predicted octanol–water partition coefficient (Wildman–Crippen LogP) is 2.66. The topological polar surface area (TPSA) is 126 Å². The van der Waals surface area contributed by atoms with Gasteiger partial charge in [-0.15, -0.1) is 5.10 Å². The first-order chi connectivity index (χ1) is 15.4. The maximum atomic E-state index is 12.5. The predicted molar refractivity (Wildman–Crippen MR) is 121 cm³/mol. The maximum absolute atomic E-state index is 12.5. The Labute approximate surface area is 188 Å². The summed E-state index contributed by atoms with van der Waals surface area (Å²) in [6.07, 6.45) is 1.95. The van der Waals surface area contributed by atoms with Crippen LogP contribution in [0, 0.1) is 13.8 Å². The number of fused-ring (bicyclic) bond motifs is 1. The van der Waals surface area contributed by atoms with E-state index in [0.717, 1.165) is 45.0 Å². The van der Waals surface area contributed by atoms with Gasteiger partial charge in [-0.3, -0.25) is 4.79 Å². The number of thioether (sulfide) groups is 1. The van der Waals surface area contributed by atoms with Gasteiger partial charge in [0.2, 0.25) is 11.1 Å². The SMILES string of the molecule is Cc1ccc(C)c(-n2nnnc2SCC(=O)N[C@@H](Cc2c[nH]c3ccccc23)C(=O)O)c1. The third-order valence-corrected chi connectivity index (χ3v) is 6.02. The molecule has 10 heteroatoms. The molecule has 164 valence electrons. The van der Waals surface area contributed by atoms with E-state index in [4.69, 9.17) is 0 Å². The highest BCUT2D eigenvalue weighted by Crippen LogP contribution is 2.22. The first kappa shape index (κ1) is 21.6. The normalized spacial score (nSPS) is 12.1. The molecule has 1 atom stereocenters. The van der Waals surface area contributed by atoms with Crippen LogP contribution in [0.25, 0.3) is 16.6 Å². The third kappa shape index (κ3) is 4.65. The Bertz CT molecular complexity index is 1280. The maximum Gasteiger partial charge on any atom is 0.326 e. The van der Waals surface area contributed by atoms with Crippen LogP contribution in [0.4, 0.5) is 0 Å². The second-order valence-corrected chi connectivity index (χ2v) is 8.42. The Morgan fingerprint density at radius 3 is 2.84 bits per heavy atom. The van der Waals surface area contributed by atoms with Gasteiger partial charge in [-0.05, 0) is 53.1 Å². The number of tetrazole rings is 1. The number of nitrogens with zero attached hydrogens (tertiary/aromatic N) is 4. The minimum Gasteiger partial charge on any atom is -0.480 e. The molecule has 0 aliphatic rings. The summed E-state index contributed by atoms with van der Waals surface area (Å²) in [6, 6.07) is 12.6. The van der Waals surface area contributed by atoms with Crippen molar-refractivity contribution in [3.8, 4) is 5.69 Å². The number of carbonyl (C=O) groups excluding carboxylic acids is 1. The lowest BCUT2D eigenvalue weighted by atomic mass is 10.1. The van der Waals surface area contributed by atoms with Crippen LogP contribution in [0.15, 0.2) is 53.8 Å². The summed E-state index contributed by atoms with van der Waals surface area (Å²) < 4.78 is 1.58. The molecule has 2 aromatic carbocycles. The number of carbonyl (C=O) groups is 2. The highest BCUT2D eigenvalue weighted by molar-refractivity contribution is 7.99. The Kier molecular flexibility index (Phi) is 6.22. The lowest BCUT2D eigenvalue weighted by molar-refractivity contribution is -0.141. The minimum atomic E-state index is -1.09. The molecule has 1 amide bonds. The Morgan fingerprint density at radius 2 is 2.03 bits per heavy atom. The molecule has 0 bridgehead atoms. The molecule has 2 aromatic heterocycles. The number of aryl methyl sites for hydroxylation is 2. The molecular weight excluding hydrogens is 428 g/mol. The number of amides is 1. The molecule has 0 radical (unpaired) electrons. The van der Waals surface area contributed by atoms with Crippen LogP contribution in [0.2, 0.25) is 0 Å². The highest BCUT2D eigenvalue weighted by atomic mass is 32.2. The number of hydrogen-bond acceptors (Lipinski definition) is 6. The molecule has 9 nitrogen and oxygen atoms in total. The number of H-pyrrole nitrogens is 1. The molecule has 0 spiro atoms. The molecule has 0 aliphatic carbocycles. The number of hydrogen-bond donors (Lipinski definition) is 3. The highest BCUT2D eigenvalue weighted by Gasteiger charge is 2.22. The van der Waals surface area contributed by atoms with E-state index in [0.29, 0.717) is 5.16 Å². The first-order valence-electron chi connectivity index (χ1n) is 9.98. The molecule has 32 heavy (non-hydrogen) atoms. The molecule has 4 rings (SSSR count). The Balaban J connectivity index is 1.42. The van der Waals surface area contributed by atoms with Gasteiger partial charge in [0.1, 0.15) is 6.04 Å². The monoisotopic (exact) mass is 450 g/mol. The van der Waals surface area contributed by atoms with E-state index in [1.165, 1.54) is 0 Å². The van der Waals surface area contributed by atoms with Gasteiger partial charge in [-0.25, -0.2) is 4.79 Å². The van der Waals surface area contributed by atoms with E-state index >= 15 is 0 Å². The zero-order valence-corrected chi connectivity index (χ0v) is 18.4. The van der Waals surface area contributed by atoms with Gasteiger partial charge in [0, 0.05) is 23.5 Å². The summed E-state index contributed by atoms with van der Waals surface area (Å²) in [5, 5.41) is 25.4. The number of aliphatic carboxylic acids is 1. The summed E-state index contributed by atoms with van der Waals surface area (Å²) in [6.45, 7) is 3.94. The van der Waals surface area contributed by atoms with E-state index in [9.17, 15) is 14.7 Å².